The van der Waals surface area contributed by atoms with Gasteiger partial charge in [-0.1, -0.05) is 245 Å². The summed E-state index contributed by atoms with van der Waals surface area (Å²) < 4.78 is 200. The average Bonchev–Trinajstić information content (AvgIpc) is 0.816. The van der Waals surface area contributed by atoms with Crippen molar-refractivity contribution in [1.82, 2.24) is 14.1 Å². The van der Waals surface area contributed by atoms with Crippen molar-refractivity contribution >= 4 is 61.7 Å². The summed E-state index contributed by atoms with van der Waals surface area (Å²) in [4.78, 5) is 4.87. The lowest BCUT2D eigenvalue weighted by molar-refractivity contribution is -0.570. The third-order valence-corrected chi connectivity index (χ3v) is 19.6. The lowest BCUT2D eigenvalue weighted by Gasteiger charge is -2.35. The molecule has 0 spiro atoms. The third-order valence-electron chi connectivity index (χ3n) is 15.4. The summed E-state index contributed by atoms with van der Waals surface area (Å²) >= 11 is 0. The molecule has 0 saturated carbocycles. The fourth-order valence-electron chi connectivity index (χ4n) is 11.7. The van der Waals surface area contributed by atoms with Gasteiger partial charge in [-0.05, 0) is 125 Å². The molecule has 0 bridgehead atoms. The van der Waals surface area contributed by atoms with Crippen molar-refractivity contribution in [2.45, 2.75) is 26.2 Å². The van der Waals surface area contributed by atoms with Crippen LogP contribution in [-0.2, 0) is 5.41 Å². The van der Waals surface area contributed by atoms with Gasteiger partial charge >= 0.3 is 0 Å². The van der Waals surface area contributed by atoms with Gasteiger partial charge in [-0.15, -0.1) is 0 Å². The van der Waals surface area contributed by atoms with Crippen LogP contribution in [-0.4, -0.2) is 22.2 Å². The molecule has 0 saturated heterocycles. The first-order valence-electron chi connectivity index (χ1n) is 36.5. The predicted molar refractivity (Wildman–Crippen MR) is 340 cm³/mol. The zero-order valence-electron chi connectivity index (χ0n) is 64.3. The van der Waals surface area contributed by atoms with Crippen LogP contribution in [0.3, 0.4) is 0 Å². The van der Waals surface area contributed by atoms with Crippen LogP contribution < -0.4 is 30.1 Å². The van der Waals surface area contributed by atoms with Crippen LogP contribution in [0, 0.1) is 6.33 Å². The summed E-state index contributed by atoms with van der Waals surface area (Å²) in [5.74, 6) is 1.68. The van der Waals surface area contributed by atoms with E-state index >= 15 is 0 Å². The summed E-state index contributed by atoms with van der Waals surface area (Å²) in [6.45, 7) is 6.47. The van der Waals surface area contributed by atoms with Crippen molar-refractivity contribution in [1.29, 1.82) is 0 Å². The molecule has 0 unspecified atom stereocenters. The average molecular weight is 1090 g/mol. The molecule has 5 nitrogen and oxygen atoms in total. The van der Waals surface area contributed by atoms with Crippen LogP contribution >= 0.6 is 0 Å². The summed E-state index contributed by atoms with van der Waals surface area (Å²) in [6, 6.07) is 31.1. The highest BCUT2D eigenvalue weighted by Gasteiger charge is 2.42. The maximum atomic E-state index is 9.87. The molecule has 15 rings (SSSR count). The van der Waals surface area contributed by atoms with Crippen LogP contribution in [0.15, 0.2) is 285 Å². The number of hydrogen-bond donors (Lipinski definition) is 0. The van der Waals surface area contributed by atoms with Crippen LogP contribution in [0.2, 0.25) is 0 Å². The molecule has 3 aromatic heterocycles. The second kappa shape index (κ2) is 19.6. The van der Waals surface area contributed by atoms with E-state index in [1.165, 1.54) is 12.1 Å². The van der Waals surface area contributed by atoms with Crippen LogP contribution in [0.4, 0.5) is 0 Å². The quantitative estimate of drug-likeness (QED) is 0.0625. The van der Waals surface area contributed by atoms with Crippen molar-refractivity contribution in [3.63, 3.8) is 0 Å². The number of benzene rings is 11. The Morgan fingerprint density at radius 1 is 0.463 bits per heavy atom. The second-order valence-corrected chi connectivity index (χ2v) is 24.6. The van der Waals surface area contributed by atoms with Crippen LogP contribution in [0.5, 0.6) is 11.5 Å². The highest BCUT2D eigenvalue weighted by molar-refractivity contribution is 7.20. The van der Waals surface area contributed by atoms with Gasteiger partial charge in [-0.3, -0.25) is 13.7 Å². The Labute approximate surface area is 507 Å². The molecule has 14 aromatic rings. The van der Waals surface area contributed by atoms with E-state index in [2.05, 4.69) is 49.9 Å². The molecule has 0 radical (unpaired) electrons. The molecule has 0 fully saturated rings. The first kappa shape index (κ1) is 32.2. The summed E-state index contributed by atoms with van der Waals surface area (Å²) in [5.41, 5.74) is 6.95. The van der Waals surface area contributed by atoms with E-state index in [1.54, 1.807) is 39.5 Å². The number of pyridine rings is 1. The molecule has 390 valence electrons. The first-order chi connectivity index (χ1) is 48.6. The molecule has 0 N–H and O–H groups in total. The number of nitrogens with zero attached hydrogens (tertiary/aromatic N) is 4. The van der Waals surface area contributed by atoms with Gasteiger partial charge in [0.05, 0.1) is 60.9 Å². The molecule has 4 heterocycles. The smallest absolute Gasteiger partial charge is 0.269 e. The van der Waals surface area contributed by atoms with E-state index in [0.717, 1.165) is 33.2 Å². The lowest BCUT2D eigenvalue weighted by atomic mass is 9.88. The standard InChI is InChI=1S/C76H56N4OSi/c1-76(2,3)53-45-46-77-73(47-53)80-70-39-19-18-35-65(70)66-43-41-56(49-72(66)80)81-55-26-20-25-54(48-55)78-51-79-74-61(52-23-8-4-9-24-52)36-21-37-68(74)69-50-60(42-44-64(69)62-33-16-17-34-63(62)67-38-22-40-71(78)75(67)79)82(57-27-10-5-11-28-57,58-29-12-6-13-30-58)59-31-14-7-15-32-59/h4-50H,1-3H3/i4D,5D,6D,7D,8D,9D,10D,11D,12D,13D,14D,15D,23D,24D,27D,28D,29D,30D,31D,32D. The Morgan fingerprint density at radius 3 is 1.76 bits per heavy atom. The highest BCUT2D eigenvalue weighted by Crippen LogP contribution is 2.45. The van der Waals surface area contributed by atoms with Gasteiger partial charge < -0.3 is 4.74 Å². The maximum absolute atomic E-state index is 9.87. The Kier molecular flexibility index (Phi) is 7.69. The SMILES string of the molecule is [2H]c1c([2H])c([2H])c(-c2cccc3c2-[n+]2[c-]n(-c4cccc(Oc5ccc6c7ccccc7n(-c7cc(C(C)(C)C)ccn7)c6c5)c4)c4cccc(c42)-c2ccccc2-c2ccc([Si](c4c([2H])c([2H])c([2H])c([2H])c4[2H])(c4c([2H])c([2H])c([2H])c([2H])c4[2H])c4c([2H])c([2H])c([2H])c([2H])c4[2H])cc2-3)c([2H])c1[2H]. The monoisotopic (exact) mass is 1090 g/mol. The highest BCUT2D eigenvalue weighted by atomic mass is 28.3. The Bertz CT molecular complexity index is 5740. The van der Waals surface area contributed by atoms with E-state index in [0.29, 0.717) is 50.5 Å². The Hall–Kier alpha value is -10.1. The first-order valence-corrected chi connectivity index (χ1v) is 28.5. The normalized spacial score (nSPS) is 15.5. The Balaban J connectivity index is 1.04. The molecule has 6 heteroatoms. The van der Waals surface area contributed by atoms with Crippen LogP contribution in [0.25, 0.3) is 94.5 Å². The topological polar surface area (TPSA) is 35.9 Å². The zero-order chi connectivity index (χ0) is 72.3. The van der Waals surface area contributed by atoms with Gasteiger partial charge in [-0.2, -0.15) is 0 Å². The minimum Gasteiger partial charge on any atom is -0.458 e. The molecule has 11 aromatic carbocycles. The number of rotatable bonds is 9. The number of hydrogen-bond acceptors (Lipinski definition) is 2. The predicted octanol–water partition coefficient (Wildman–Crippen LogP) is 15.6. The zero-order valence-corrected chi connectivity index (χ0v) is 45.3. The van der Waals surface area contributed by atoms with Gasteiger partial charge in [0.15, 0.2) is 8.07 Å². The Morgan fingerprint density at radius 2 is 1.04 bits per heavy atom. The van der Waals surface area contributed by atoms with E-state index in [4.69, 9.17) is 17.9 Å². The van der Waals surface area contributed by atoms with Crippen molar-refractivity contribution in [2.24, 2.45) is 0 Å². The number of fused-ring (bicyclic) bond motifs is 10. The number of para-hydroxylation sites is 3. The number of imidazole rings is 1. The van der Waals surface area contributed by atoms with Gasteiger partial charge in [0.2, 0.25) is 0 Å². The minimum absolute atomic E-state index is 0.0810. The summed E-state index contributed by atoms with van der Waals surface area (Å²) in [6.07, 6.45) is 5.46. The molecular formula is C76H56N4OSi. The largest absolute Gasteiger partial charge is 0.458 e. The molecular weight excluding hydrogens is 1010 g/mol. The van der Waals surface area contributed by atoms with E-state index in [1.807, 2.05) is 103 Å². The summed E-state index contributed by atoms with van der Waals surface area (Å²) in [5, 5.41) is -0.232. The number of ether oxygens (including phenoxy) is 1. The van der Waals surface area contributed by atoms with Crippen LogP contribution in [0.1, 0.15) is 53.7 Å². The van der Waals surface area contributed by atoms with Gasteiger partial charge in [0.1, 0.15) is 17.3 Å². The molecule has 1 aliphatic heterocycles. The lowest BCUT2D eigenvalue weighted by Crippen LogP contribution is -2.74. The molecule has 1 aliphatic rings. The second-order valence-electron chi connectivity index (χ2n) is 21.0. The fourth-order valence-corrected chi connectivity index (χ4v) is 15.5. The van der Waals surface area contributed by atoms with E-state index in [-0.39, 0.29) is 38.5 Å². The van der Waals surface area contributed by atoms with Gasteiger partial charge in [0.25, 0.3) is 6.33 Å². The third kappa shape index (κ3) is 7.97. The molecule has 0 aliphatic carbocycles. The fraction of sp³-hybridized carbons (Fsp3) is 0.0526. The molecule has 0 atom stereocenters. The van der Waals surface area contributed by atoms with Crippen molar-refractivity contribution < 1.29 is 36.7 Å². The van der Waals surface area contributed by atoms with Crippen molar-refractivity contribution in [2.75, 3.05) is 0 Å². The number of aromatic nitrogens is 4. The molecule has 82 heavy (non-hydrogen) atoms. The minimum atomic E-state index is -5.75. The summed E-state index contributed by atoms with van der Waals surface area (Å²) in [7, 11) is -5.75. The van der Waals surface area contributed by atoms with E-state index in [9.17, 15) is 19.2 Å². The van der Waals surface area contributed by atoms with Gasteiger partial charge in [-0.25, -0.2) is 4.98 Å². The maximum Gasteiger partial charge on any atom is 0.269 e. The molecule has 0 amide bonds. The van der Waals surface area contributed by atoms with E-state index < -0.39 is 144 Å². The van der Waals surface area contributed by atoms with Gasteiger partial charge in [0, 0.05) is 23.0 Å². The van der Waals surface area contributed by atoms with Crippen molar-refractivity contribution in [3.05, 3.63) is 297 Å². The van der Waals surface area contributed by atoms with Crippen molar-refractivity contribution in [3.8, 4) is 73.2 Å².